The van der Waals surface area contributed by atoms with Crippen LogP contribution in [0.15, 0.2) is 29.2 Å². The van der Waals surface area contributed by atoms with Gasteiger partial charge in [0.1, 0.15) is 0 Å². The van der Waals surface area contributed by atoms with Crippen LogP contribution in [0.4, 0.5) is 0 Å². The minimum atomic E-state index is -3.59. The Bertz CT molecular complexity index is 644. The molecule has 136 valence electrons. The maximum absolute atomic E-state index is 12.3. The largest absolute Gasteiger partial charge is 0.353 e. The smallest absolute Gasteiger partial charge is 0.240 e. The Balaban J connectivity index is 2.60. The van der Waals surface area contributed by atoms with Gasteiger partial charge in [-0.3, -0.25) is 4.79 Å². The van der Waals surface area contributed by atoms with Gasteiger partial charge in [-0.2, -0.15) is 0 Å². The predicted molar refractivity (Wildman–Crippen MR) is 97.4 cm³/mol. The normalized spacial score (nSPS) is 13.8. The molecule has 0 aliphatic carbocycles. The van der Waals surface area contributed by atoms with Crippen molar-refractivity contribution in [2.24, 2.45) is 5.92 Å². The lowest BCUT2D eigenvalue weighted by molar-refractivity contribution is -0.121. The van der Waals surface area contributed by atoms with Gasteiger partial charge >= 0.3 is 0 Å². The van der Waals surface area contributed by atoms with Gasteiger partial charge in [0.25, 0.3) is 0 Å². The van der Waals surface area contributed by atoms with Crippen molar-refractivity contribution in [1.82, 2.24) is 10.0 Å². The van der Waals surface area contributed by atoms with Gasteiger partial charge in [0, 0.05) is 19.0 Å². The Hall–Kier alpha value is -1.40. The second kappa shape index (κ2) is 8.12. The van der Waals surface area contributed by atoms with E-state index in [9.17, 15) is 13.2 Å². The van der Waals surface area contributed by atoms with Crippen LogP contribution < -0.4 is 10.0 Å². The van der Waals surface area contributed by atoms with Crippen LogP contribution in [0.5, 0.6) is 0 Å². The van der Waals surface area contributed by atoms with E-state index in [1.165, 1.54) is 0 Å². The van der Waals surface area contributed by atoms with E-state index < -0.39 is 10.0 Å². The van der Waals surface area contributed by atoms with Gasteiger partial charge in [-0.05, 0) is 36.0 Å². The number of carbonyl (C=O) groups is 1. The fraction of sp³-hybridized carbons (Fsp3) is 0.611. The predicted octanol–water partition coefficient (Wildman–Crippen LogP) is 2.81. The number of amides is 1. The highest BCUT2D eigenvalue weighted by Crippen LogP contribution is 2.23. The molecule has 6 heteroatoms. The summed E-state index contributed by atoms with van der Waals surface area (Å²) in [7, 11) is -3.59. The molecule has 0 saturated heterocycles. The maximum Gasteiger partial charge on any atom is 0.240 e. The Morgan fingerprint density at radius 3 is 2.08 bits per heavy atom. The monoisotopic (exact) mass is 354 g/mol. The molecular weight excluding hydrogens is 324 g/mol. The third-order valence-electron chi connectivity index (χ3n) is 4.06. The van der Waals surface area contributed by atoms with E-state index >= 15 is 0 Å². The van der Waals surface area contributed by atoms with Crippen molar-refractivity contribution < 1.29 is 13.2 Å². The van der Waals surface area contributed by atoms with Crippen molar-refractivity contribution in [3.05, 3.63) is 29.8 Å². The van der Waals surface area contributed by atoms with Crippen LogP contribution in [-0.4, -0.2) is 26.9 Å². The molecule has 0 spiro atoms. The van der Waals surface area contributed by atoms with Gasteiger partial charge in [0.2, 0.25) is 15.9 Å². The van der Waals surface area contributed by atoms with Gasteiger partial charge in [0.05, 0.1) is 4.90 Å². The number of rotatable bonds is 7. The first-order valence-electron chi connectivity index (χ1n) is 8.33. The van der Waals surface area contributed by atoms with E-state index in [4.69, 9.17) is 0 Å². The SMILES string of the molecule is CC(C)C(C)NC(=O)CCNS(=O)(=O)c1ccc(C(C)(C)C)cc1. The maximum atomic E-state index is 12.3. The van der Waals surface area contributed by atoms with E-state index in [0.29, 0.717) is 5.92 Å². The molecule has 0 aliphatic heterocycles. The van der Waals surface area contributed by atoms with Crippen molar-refractivity contribution in [2.45, 2.75) is 64.3 Å². The number of benzene rings is 1. The summed E-state index contributed by atoms with van der Waals surface area (Å²) in [6.07, 6.45) is 0.121. The number of nitrogens with one attached hydrogen (secondary N) is 2. The van der Waals surface area contributed by atoms with Crippen molar-refractivity contribution >= 4 is 15.9 Å². The molecule has 5 nitrogen and oxygen atoms in total. The van der Waals surface area contributed by atoms with Crippen LogP contribution in [0.3, 0.4) is 0 Å². The number of hydrogen-bond donors (Lipinski definition) is 2. The summed E-state index contributed by atoms with van der Waals surface area (Å²) in [5.74, 6) is 0.189. The second-order valence-electron chi connectivity index (χ2n) is 7.52. The Morgan fingerprint density at radius 2 is 1.62 bits per heavy atom. The van der Waals surface area contributed by atoms with Crippen LogP contribution in [0.2, 0.25) is 0 Å². The Kier molecular flexibility index (Phi) is 6.98. The van der Waals surface area contributed by atoms with Crippen LogP contribution in [0.25, 0.3) is 0 Å². The average Bonchev–Trinajstić information content (AvgIpc) is 2.46. The summed E-state index contributed by atoms with van der Waals surface area (Å²) >= 11 is 0. The molecule has 24 heavy (non-hydrogen) atoms. The van der Waals surface area contributed by atoms with E-state index in [0.717, 1.165) is 5.56 Å². The fourth-order valence-corrected chi connectivity index (χ4v) is 3.04. The third-order valence-corrected chi connectivity index (χ3v) is 5.54. The average molecular weight is 355 g/mol. The standard InChI is InChI=1S/C18H30N2O3S/c1-13(2)14(3)20-17(21)11-12-19-24(22,23)16-9-7-15(8-10-16)18(4,5)6/h7-10,13-14,19H,11-12H2,1-6H3,(H,20,21). The summed E-state index contributed by atoms with van der Waals surface area (Å²) in [5.41, 5.74) is 1.05. The van der Waals surface area contributed by atoms with Crippen LogP contribution >= 0.6 is 0 Å². The van der Waals surface area contributed by atoms with Gasteiger partial charge in [0.15, 0.2) is 0 Å². The molecule has 1 aromatic carbocycles. The van der Waals surface area contributed by atoms with Crippen LogP contribution in [-0.2, 0) is 20.2 Å². The molecular formula is C18H30N2O3S. The highest BCUT2D eigenvalue weighted by atomic mass is 32.2. The lowest BCUT2D eigenvalue weighted by atomic mass is 9.87. The minimum Gasteiger partial charge on any atom is -0.353 e. The van der Waals surface area contributed by atoms with Gasteiger partial charge in [-0.15, -0.1) is 0 Å². The molecule has 0 aromatic heterocycles. The Morgan fingerprint density at radius 1 is 1.08 bits per heavy atom. The summed E-state index contributed by atoms with van der Waals surface area (Å²) < 4.78 is 27.0. The van der Waals surface area contributed by atoms with Crippen LogP contribution in [0.1, 0.15) is 53.5 Å². The van der Waals surface area contributed by atoms with Crippen molar-refractivity contribution in [2.75, 3.05) is 6.54 Å². The molecule has 0 saturated carbocycles. The zero-order valence-corrected chi connectivity index (χ0v) is 16.3. The van der Waals surface area contributed by atoms with Gasteiger partial charge in [-0.1, -0.05) is 46.8 Å². The zero-order valence-electron chi connectivity index (χ0n) is 15.5. The van der Waals surface area contributed by atoms with E-state index in [-0.39, 0.29) is 35.2 Å². The highest BCUT2D eigenvalue weighted by molar-refractivity contribution is 7.89. The summed E-state index contributed by atoms with van der Waals surface area (Å²) in [5, 5.41) is 2.86. The van der Waals surface area contributed by atoms with Gasteiger partial charge in [-0.25, -0.2) is 13.1 Å². The fourth-order valence-electron chi connectivity index (χ4n) is 2.01. The van der Waals surface area contributed by atoms with E-state index in [1.807, 2.05) is 32.9 Å². The van der Waals surface area contributed by atoms with Crippen molar-refractivity contribution in [3.8, 4) is 0 Å². The molecule has 2 N–H and O–H groups in total. The van der Waals surface area contributed by atoms with Crippen molar-refractivity contribution in [1.29, 1.82) is 0 Å². The number of carbonyl (C=O) groups excluding carboxylic acids is 1. The molecule has 1 unspecified atom stereocenters. The Labute approximate surface area is 146 Å². The number of hydrogen-bond acceptors (Lipinski definition) is 3. The molecule has 1 amide bonds. The first-order valence-corrected chi connectivity index (χ1v) is 9.81. The lowest BCUT2D eigenvalue weighted by Gasteiger charge is -2.19. The molecule has 0 bridgehead atoms. The van der Waals surface area contributed by atoms with Crippen LogP contribution in [0, 0.1) is 5.92 Å². The second-order valence-corrected chi connectivity index (χ2v) is 9.29. The minimum absolute atomic E-state index is 0.0269. The third kappa shape index (κ3) is 6.24. The molecule has 1 aromatic rings. The van der Waals surface area contributed by atoms with Gasteiger partial charge < -0.3 is 5.32 Å². The summed E-state index contributed by atoms with van der Waals surface area (Å²) in [6, 6.07) is 6.92. The molecule has 0 fully saturated rings. The van der Waals surface area contributed by atoms with E-state index in [1.54, 1.807) is 12.1 Å². The van der Waals surface area contributed by atoms with E-state index in [2.05, 4.69) is 30.8 Å². The molecule has 1 rings (SSSR count). The molecule has 1 atom stereocenters. The van der Waals surface area contributed by atoms with Crippen molar-refractivity contribution in [3.63, 3.8) is 0 Å². The highest BCUT2D eigenvalue weighted by Gasteiger charge is 2.18. The number of sulfonamides is 1. The quantitative estimate of drug-likeness (QED) is 0.790. The topological polar surface area (TPSA) is 75.3 Å². The zero-order chi connectivity index (χ0) is 18.5. The molecule has 0 aliphatic rings. The molecule has 0 heterocycles. The molecule has 0 radical (unpaired) electrons. The lowest BCUT2D eigenvalue weighted by Crippen LogP contribution is -2.38. The first kappa shape index (κ1) is 20.6. The summed E-state index contributed by atoms with van der Waals surface area (Å²) in [4.78, 5) is 12.0. The first-order chi connectivity index (χ1) is 10.9. The summed E-state index contributed by atoms with van der Waals surface area (Å²) in [6.45, 7) is 12.3.